The predicted molar refractivity (Wildman–Crippen MR) is 85.2 cm³/mol. The number of rotatable bonds is 2. The van der Waals surface area contributed by atoms with Crippen molar-refractivity contribution in [3.8, 4) is 0 Å². The first-order valence-corrected chi connectivity index (χ1v) is 8.83. The minimum Gasteiger partial charge on any atom is -0.373 e. The average molecular weight is 320 g/mol. The van der Waals surface area contributed by atoms with E-state index in [1.165, 1.54) is 4.31 Å². The van der Waals surface area contributed by atoms with Crippen molar-refractivity contribution >= 4 is 20.9 Å². The van der Waals surface area contributed by atoms with Gasteiger partial charge in [0.2, 0.25) is 10.0 Å². The quantitative estimate of drug-likeness (QED) is 0.852. The molecule has 1 aromatic heterocycles. The van der Waals surface area contributed by atoms with Crippen LogP contribution >= 0.6 is 0 Å². The SMILES string of the molecule is Cc1cnc2c(S(=O)(=O)N3C[C@@H](C)O[C@@H](C)C3)cccc2c1. The molecule has 0 amide bonds. The number of nitrogens with zero attached hydrogens (tertiary/aromatic N) is 2. The Bertz CT molecular complexity index is 794. The molecule has 1 aromatic carbocycles. The average Bonchev–Trinajstić information content (AvgIpc) is 2.45. The van der Waals surface area contributed by atoms with Gasteiger partial charge in [-0.2, -0.15) is 4.31 Å². The fourth-order valence-electron chi connectivity index (χ4n) is 2.92. The Kier molecular flexibility index (Phi) is 3.92. The third kappa shape index (κ3) is 2.74. The Hall–Kier alpha value is -1.50. The summed E-state index contributed by atoms with van der Waals surface area (Å²) in [7, 11) is -3.58. The fraction of sp³-hybridized carbons (Fsp3) is 0.438. The molecule has 0 bridgehead atoms. The molecule has 5 nitrogen and oxygen atoms in total. The number of aryl methyl sites for hydroxylation is 1. The van der Waals surface area contributed by atoms with Crippen LogP contribution < -0.4 is 0 Å². The highest BCUT2D eigenvalue weighted by atomic mass is 32.2. The molecule has 0 aliphatic carbocycles. The number of fused-ring (bicyclic) bond motifs is 1. The van der Waals surface area contributed by atoms with Crippen LogP contribution in [0.1, 0.15) is 19.4 Å². The van der Waals surface area contributed by atoms with Crippen molar-refractivity contribution in [1.29, 1.82) is 0 Å². The van der Waals surface area contributed by atoms with Crippen LogP contribution in [-0.4, -0.2) is 43.0 Å². The largest absolute Gasteiger partial charge is 0.373 e. The summed E-state index contributed by atoms with van der Waals surface area (Å²) in [6, 6.07) is 7.24. The van der Waals surface area contributed by atoms with E-state index in [2.05, 4.69) is 4.98 Å². The van der Waals surface area contributed by atoms with Crippen molar-refractivity contribution in [3.05, 3.63) is 36.0 Å². The van der Waals surface area contributed by atoms with E-state index < -0.39 is 10.0 Å². The molecule has 0 spiro atoms. The maximum atomic E-state index is 13.0. The van der Waals surface area contributed by atoms with Crippen LogP contribution in [-0.2, 0) is 14.8 Å². The van der Waals surface area contributed by atoms with Crippen molar-refractivity contribution in [1.82, 2.24) is 9.29 Å². The molecule has 1 fully saturated rings. The normalized spacial score (nSPS) is 23.8. The number of hydrogen-bond acceptors (Lipinski definition) is 4. The van der Waals surface area contributed by atoms with Gasteiger partial charge in [0.1, 0.15) is 4.90 Å². The lowest BCUT2D eigenvalue weighted by molar-refractivity contribution is -0.0440. The molecule has 1 saturated heterocycles. The summed E-state index contributed by atoms with van der Waals surface area (Å²) >= 11 is 0. The molecular formula is C16H20N2O3S. The minimum absolute atomic E-state index is 0.108. The summed E-state index contributed by atoms with van der Waals surface area (Å²) < 4.78 is 33.1. The van der Waals surface area contributed by atoms with E-state index in [0.717, 1.165) is 10.9 Å². The van der Waals surface area contributed by atoms with Crippen LogP contribution in [0.5, 0.6) is 0 Å². The van der Waals surface area contributed by atoms with Gasteiger partial charge in [0.25, 0.3) is 0 Å². The second kappa shape index (κ2) is 5.61. The molecule has 2 atom stereocenters. The van der Waals surface area contributed by atoms with Gasteiger partial charge in [-0.25, -0.2) is 8.42 Å². The van der Waals surface area contributed by atoms with Gasteiger partial charge in [-0.1, -0.05) is 12.1 Å². The molecule has 0 radical (unpaired) electrons. The number of hydrogen-bond donors (Lipinski definition) is 0. The number of pyridine rings is 1. The number of benzene rings is 1. The van der Waals surface area contributed by atoms with Crippen LogP contribution in [0.4, 0.5) is 0 Å². The van der Waals surface area contributed by atoms with E-state index in [4.69, 9.17) is 4.74 Å². The van der Waals surface area contributed by atoms with Gasteiger partial charge in [-0.3, -0.25) is 4.98 Å². The van der Waals surface area contributed by atoms with Crippen molar-refractivity contribution in [2.45, 2.75) is 37.9 Å². The molecule has 0 N–H and O–H groups in total. The number of para-hydroxylation sites is 1. The van der Waals surface area contributed by atoms with Gasteiger partial charge in [-0.15, -0.1) is 0 Å². The van der Waals surface area contributed by atoms with Gasteiger partial charge in [0, 0.05) is 24.7 Å². The van der Waals surface area contributed by atoms with E-state index in [1.807, 2.05) is 32.9 Å². The molecule has 22 heavy (non-hydrogen) atoms. The van der Waals surface area contributed by atoms with Gasteiger partial charge >= 0.3 is 0 Å². The van der Waals surface area contributed by atoms with Crippen LogP contribution in [0, 0.1) is 6.92 Å². The lowest BCUT2D eigenvalue weighted by Crippen LogP contribution is -2.48. The first kappa shape index (κ1) is 15.4. The van der Waals surface area contributed by atoms with E-state index in [9.17, 15) is 8.42 Å². The molecule has 6 heteroatoms. The van der Waals surface area contributed by atoms with Crippen LogP contribution in [0.3, 0.4) is 0 Å². The third-order valence-corrected chi connectivity index (χ3v) is 5.68. The Morgan fingerprint density at radius 3 is 2.59 bits per heavy atom. The van der Waals surface area contributed by atoms with Crippen LogP contribution in [0.15, 0.2) is 35.4 Å². The molecule has 2 heterocycles. The predicted octanol–water partition coefficient (Wildman–Crippen LogP) is 2.34. The second-order valence-electron chi connectivity index (χ2n) is 5.92. The highest BCUT2D eigenvalue weighted by Gasteiger charge is 2.33. The smallest absolute Gasteiger partial charge is 0.245 e. The monoisotopic (exact) mass is 320 g/mol. The zero-order valence-corrected chi connectivity index (χ0v) is 13.8. The molecular weight excluding hydrogens is 300 g/mol. The van der Waals surface area contributed by atoms with E-state index in [-0.39, 0.29) is 17.1 Å². The first-order chi connectivity index (χ1) is 10.4. The highest BCUT2D eigenvalue weighted by Crippen LogP contribution is 2.26. The topological polar surface area (TPSA) is 59.5 Å². The molecule has 0 saturated carbocycles. The zero-order chi connectivity index (χ0) is 15.9. The van der Waals surface area contributed by atoms with Gasteiger partial charge in [0.15, 0.2) is 0 Å². The van der Waals surface area contributed by atoms with Crippen molar-refractivity contribution in [3.63, 3.8) is 0 Å². The fourth-order valence-corrected chi connectivity index (χ4v) is 4.67. The lowest BCUT2D eigenvalue weighted by atomic mass is 10.2. The minimum atomic E-state index is -3.58. The number of ether oxygens (including phenoxy) is 1. The Balaban J connectivity index is 2.09. The second-order valence-corrected chi connectivity index (χ2v) is 7.83. The Morgan fingerprint density at radius 1 is 1.23 bits per heavy atom. The molecule has 2 aromatic rings. The molecule has 1 aliphatic heterocycles. The summed E-state index contributed by atoms with van der Waals surface area (Å²) in [6.07, 6.45) is 1.48. The summed E-state index contributed by atoms with van der Waals surface area (Å²) in [5, 5.41) is 0.843. The number of aromatic nitrogens is 1. The number of sulfonamides is 1. The molecule has 118 valence electrons. The van der Waals surface area contributed by atoms with Gasteiger partial charge < -0.3 is 4.74 Å². The van der Waals surface area contributed by atoms with Crippen LogP contribution in [0.2, 0.25) is 0 Å². The first-order valence-electron chi connectivity index (χ1n) is 7.39. The van der Waals surface area contributed by atoms with E-state index in [0.29, 0.717) is 18.6 Å². The molecule has 1 aliphatic rings. The van der Waals surface area contributed by atoms with Crippen LogP contribution in [0.25, 0.3) is 10.9 Å². The van der Waals surface area contributed by atoms with Gasteiger partial charge in [0.05, 0.1) is 17.7 Å². The Labute approximate surface area is 131 Å². The summed E-state index contributed by atoms with van der Waals surface area (Å²) in [4.78, 5) is 4.61. The van der Waals surface area contributed by atoms with Gasteiger partial charge in [-0.05, 0) is 38.5 Å². The maximum Gasteiger partial charge on any atom is 0.245 e. The maximum absolute atomic E-state index is 13.0. The van der Waals surface area contributed by atoms with Crippen molar-refractivity contribution < 1.29 is 13.2 Å². The molecule has 0 unspecified atom stereocenters. The van der Waals surface area contributed by atoms with Crippen molar-refractivity contribution in [2.75, 3.05) is 13.1 Å². The standard InChI is InChI=1S/C16H20N2O3S/c1-11-7-14-5-4-6-15(16(14)17-8-11)22(19,20)18-9-12(2)21-13(3)10-18/h4-8,12-13H,9-10H2,1-3H3/t12-,13+. The van der Waals surface area contributed by atoms with E-state index >= 15 is 0 Å². The Morgan fingerprint density at radius 2 is 1.91 bits per heavy atom. The highest BCUT2D eigenvalue weighted by molar-refractivity contribution is 7.89. The van der Waals surface area contributed by atoms with E-state index in [1.54, 1.807) is 18.3 Å². The van der Waals surface area contributed by atoms with Crippen molar-refractivity contribution in [2.24, 2.45) is 0 Å². The summed E-state index contributed by atoms with van der Waals surface area (Å²) in [6.45, 7) is 6.47. The lowest BCUT2D eigenvalue weighted by Gasteiger charge is -2.34. The zero-order valence-electron chi connectivity index (χ0n) is 13.0. The number of morpholine rings is 1. The third-order valence-electron chi connectivity index (χ3n) is 3.81. The molecule has 3 rings (SSSR count). The summed E-state index contributed by atoms with van der Waals surface area (Å²) in [5.41, 5.74) is 1.54. The summed E-state index contributed by atoms with van der Waals surface area (Å²) in [5.74, 6) is 0.